The van der Waals surface area contributed by atoms with Crippen LogP contribution in [0.15, 0.2) is 29.3 Å². The minimum absolute atomic E-state index is 0.0467. The molecule has 2 aliphatic heterocycles. The fourth-order valence-electron chi connectivity index (χ4n) is 5.35. The number of nitrogens with one attached hydrogen (secondary N) is 2. The van der Waals surface area contributed by atoms with Crippen LogP contribution in [0.5, 0.6) is 0 Å². The highest BCUT2D eigenvalue weighted by atomic mass is 32.2. The maximum absolute atomic E-state index is 12.6. The molecule has 190 valence electrons. The maximum Gasteiger partial charge on any atom is 0.338 e. The van der Waals surface area contributed by atoms with Crippen molar-refractivity contribution in [3.05, 3.63) is 41.2 Å². The average Bonchev–Trinajstić information content (AvgIpc) is 3.38. The lowest BCUT2D eigenvalue weighted by Gasteiger charge is -2.32. The second-order valence-corrected chi connectivity index (χ2v) is 11.5. The van der Waals surface area contributed by atoms with Gasteiger partial charge in [-0.3, -0.25) is 4.21 Å². The van der Waals surface area contributed by atoms with E-state index in [1.54, 1.807) is 6.92 Å². The van der Waals surface area contributed by atoms with Gasteiger partial charge in [-0.25, -0.2) is 9.78 Å². The molecule has 0 bridgehead atoms. The molecule has 0 spiro atoms. The smallest absolute Gasteiger partial charge is 0.338 e. The third kappa shape index (κ3) is 4.16. The van der Waals surface area contributed by atoms with Crippen LogP contribution < -0.4 is 10.2 Å². The number of aryl methyl sites for hydroxylation is 1. The fourth-order valence-corrected chi connectivity index (χ4v) is 6.66. The molecule has 6 rings (SSSR count). The number of piperidine rings is 1. The summed E-state index contributed by atoms with van der Waals surface area (Å²) in [6.07, 6.45) is 6.46. The number of nitrogens with zero attached hydrogens (tertiary/aromatic N) is 3. The van der Waals surface area contributed by atoms with E-state index >= 15 is 0 Å². The first-order valence-electron chi connectivity index (χ1n) is 12.7. The number of aliphatic hydroxyl groups is 1. The van der Waals surface area contributed by atoms with E-state index < -0.39 is 10.8 Å². The second kappa shape index (κ2) is 9.15. The van der Waals surface area contributed by atoms with Gasteiger partial charge in [0.15, 0.2) is 0 Å². The molecule has 1 atom stereocenters. The molecule has 1 aliphatic carbocycles. The summed E-state index contributed by atoms with van der Waals surface area (Å²) < 4.78 is 17.8. The molecular weight excluding hydrogens is 478 g/mol. The predicted octanol–water partition coefficient (Wildman–Crippen LogP) is 3.12. The van der Waals surface area contributed by atoms with Gasteiger partial charge in [-0.05, 0) is 56.2 Å². The number of fused-ring (bicyclic) bond motifs is 2. The number of ether oxygens (including phenoxy) is 1. The van der Waals surface area contributed by atoms with Crippen molar-refractivity contribution in [2.75, 3.05) is 42.3 Å². The zero-order valence-electron chi connectivity index (χ0n) is 20.4. The van der Waals surface area contributed by atoms with Gasteiger partial charge in [-0.2, -0.15) is 4.98 Å². The Labute approximate surface area is 212 Å². The first-order chi connectivity index (χ1) is 17.5. The number of carbonyl (C=O) groups is 1. The van der Waals surface area contributed by atoms with E-state index in [2.05, 4.69) is 21.4 Å². The summed E-state index contributed by atoms with van der Waals surface area (Å²) in [5.74, 6) is 1.98. The first kappa shape index (κ1) is 23.4. The van der Waals surface area contributed by atoms with Crippen molar-refractivity contribution in [1.82, 2.24) is 15.0 Å². The molecule has 0 amide bonds. The highest BCUT2D eigenvalue weighted by molar-refractivity contribution is 7.85. The minimum atomic E-state index is -1.10. The summed E-state index contributed by atoms with van der Waals surface area (Å²) in [4.78, 5) is 28.0. The van der Waals surface area contributed by atoms with Crippen molar-refractivity contribution in [2.24, 2.45) is 0 Å². The number of hydrogen-bond acceptors (Lipinski definition) is 8. The van der Waals surface area contributed by atoms with Crippen LogP contribution in [-0.4, -0.2) is 67.8 Å². The van der Waals surface area contributed by atoms with Crippen molar-refractivity contribution in [3.8, 4) is 0 Å². The van der Waals surface area contributed by atoms with E-state index in [1.165, 1.54) is 5.56 Å². The molecule has 1 saturated carbocycles. The van der Waals surface area contributed by atoms with Gasteiger partial charge in [0.05, 0.1) is 40.8 Å². The molecule has 4 heterocycles. The van der Waals surface area contributed by atoms with E-state index in [-0.39, 0.29) is 18.1 Å². The number of esters is 1. The Morgan fingerprint density at radius 3 is 2.83 bits per heavy atom. The van der Waals surface area contributed by atoms with E-state index in [0.29, 0.717) is 46.9 Å². The van der Waals surface area contributed by atoms with Crippen LogP contribution in [0.25, 0.3) is 10.9 Å². The maximum atomic E-state index is 12.6. The molecule has 1 saturated heterocycles. The molecule has 9 nitrogen and oxygen atoms in total. The molecule has 10 heteroatoms. The lowest BCUT2D eigenvalue weighted by molar-refractivity contribution is 0.0526. The topological polar surface area (TPSA) is 120 Å². The largest absolute Gasteiger partial charge is 0.462 e. The summed E-state index contributed by atoms with van der Waals surface area (Å²) in [5.41, 5.74) is 3.31. The Hall–Kier alpha value is -2.98. The van der Waals surface area contributed by atoms with E-state index in [1.807, 2.05) is 18.2 Å². The first-order valence-corrected chi connectivity index (χ1v) is 14.0. The summed E-state index contributed by atoms with van der Waals surface area (Å²) in [5, 5.41) is 14.3. The predicted molar refractivity (Wildman–Crippen MR) is 138 cm³/mol. The third-order valence-corrected chi connectivity index (χ3v) is 9.12. The Morgan fingerprint density at radius 1 is 1.31 bits per heavy atom. The number of H-pyrrole nitrogens is 1. The summed E-state index contributed by atoms with van der Waals surface area (Å²) in [7, 11) is -1.10. The second-order valence-electron chi connectivity index (χ2n) is 10.00. The van der Waals surface area contributed by atoms with Gasteiger partial charge in [0.25, 0.3) is 0 Å². The number of rotatable bonds is 7. The minimum Gasteiger partial charge on any atom is -0.462 e. The van der Waals surface area contributed by atoms with Crippen LogP contribution in [0.3, 0.4) is 0 Å². The molecule has 3 aliphatic rings. The summed E-state index contributed by atoms with van der Waals surface area (Å²) >= 11 is 0. The van der Waals surface area contributed by atoms with E-state index in [0.717, 1.165) is 55.4 Å². The fraction of sp³-hybridized carbons (Fsp3) is 0.500. The van der Waals surface area contributed by atoms with Crippen molar-refractivity contribution in [3.63, 3.8) is 0 Å². The molecule has 1 aromatic carbocycles. The lowest BCUT2D eigenvalue weighted by atomic mass is 9.89. The SMILES string of the molecule is CCOC(=O)c1ccc2c(C3CCN(c4nc5c(c(NC6(CO)CC6)n4)S(=O)CC5)CC3)c[nH]c2c1. The number of hydrogen-bond donors (Lipinski definition) is 3. The molecule has 2 fully saturated rings. The van der Waals surface area contributed by atoms with E-state index in [4.69, 9.17) is 14.7 Å². The van der Waals surface area contributed by atoms with Gasteiger partial charge in [0.2, 0.25) is 5.95 Å². The normalized spacial score (nSPS) is 20.9. The van der Waals surface area contributed by atoms with Gasteiger partial charge in [-0.1, -0.05) is 6.07 Å². The van der Waals surface area contributed by atoms with Crippen molar-refractivity contribution < 1.29 is 18.8 Å². The number of benzene rings is 1. The van der Waals surface area contributed by atoms with Gasteiger partial charge < -0.3 is 25.0 Å². The van der Waals surface area contributed by atoms with Gasteiger partial charge in [0, 0.05) is 42.4 Å². The monoisotopic (exact) mass is 509 g/mol. The molecule has 0 radical (unpaired) electrons. The standard InChI is InChI=1S/C26H31N5O4S/c1-2-35-24(33)17-3-4-18-19(14-27-21(18)13-17)16-5-10-31(11-6-16)25-28-20-7-12-36(34)22(20)23(29-25)30-26(15-32)8-9-26/h3-4,13-14,16,27,32H,2,5-12,15H2,1H3,(H,28,29,30). The van der Waals surface area contributed by atoms with Gasteiger partial charge in [0.1, 0.15) is 10.7 Å². The van der Waals surface area contributed by atoms with E-state index in [9.17, 15) is 14.1 Å². The molecule has 36 heavy (non-hydrogen) atoms. The Morgan fingerprint density at radius 2 is 2.11 bits per heavy atom. The Balaban J connectivity index is 1.20. The Kier molecular flexibility index (Phi) is 5.95. The van der Waals surface area contributed by atoms with Crippen LogP contribution in [0.1, 0.15) is 60.1 Å². The van der Waals surface area contributed by atoms with Gasteiger partial charge in [-0.15, -0.1) is 0 Å². The number of carbonyl (C=O) groups excluding carboxylic acids is 1. The quantitative estimate of drug-likeness (QED) is 0.416. The summed E-state index contributed by atoms with van der Waals surface area (Å²) in [6, 6.07) is 5.71. The lowest BCUT2D eigenvalue weighted by Crippen LogP contribution is -2.35. The third-order valence-electron chi connectivity index (χ3n) is 7.66. The van der Waals surface area contributed by atoms with Crippen LogP contribution >= 0.6 is 0 Å². The Bertz CT molecular complexity index is 1340. The van der Waals surface area contributed by atoms with Gasteiger partial charge >= 0.3 is 5.97 Å². The molecule has 3 aromatic rings. The number of anilines is 2. The number of aliphatic hydroxyl groups excluding tert-OH is 1. The zero-order chi connectivity index (χ0) is 24.9. The van der Waals surface area contributed by atoms with Crippen LogP contribution in [0.4, 0.5) is 11.8 Å². The molecular formula is C26H31N5O4S. The number of aromatic nitrogens is 3. The zero-order valence-corrected chi connectivity index (χ0v) is 21.2. The van der Waals surface area contributed by atoms with Crippen LogP contribution in [0.2, 0.25) is 0 Å². The highest BCUT2D eigenvalue weighted by Gasteiger charge is 2.44. The van der Waals surface area contributed by atoms with Crippen molar-refractivity contribution >= 4 is 39.4 Å². The molecule has 1 unspecified atom stereocenters. The molecule has 3 N–H and O–H groups in total. The average molecular weight is 510 g/mol. The number of aromatic amines is 1. The van der Waals surface area contributed by atoms with Crippen LogP contribution in [-0.2, 0) is 22.0 Å². The highest BCUT2D eigenvalue weighted by Crippen LogP contribution is 2.41. The van der Waals surface area contributed by atoms with Crippen molar-refractivity contribution in [1.29, 1.82) is 0 Å². The summed E-state index contributed by atoms with van der Waals surface area (Å²) in [6.45, 7) is 3.86. The van der Waals surface area contributed by atoms with Crippen molar-refractivity contribution in [2.45, 2.75) is 55.4 Å². The molecule has 2 aromatic heterocycles. The van der Waals surface area contributed by atoms with Crippen LogP contribution in [0, 0.1) is 0 Å².